The van der Waals surface area contributed by atoms with Gasteiger partial charge in [0.1, 0.15) is 5.52 Å². The monoisotopic (exact) mass is 314 g/mol. The van der Waals surface area contributed by atoms with Crippen molar-refractivity contribution in [2.45, 2.75) is 13.8 Å². The minimum atomic E-state index is 0.843. The van der Waals surface area contributed by atoms with E-state index in [9.17, 15) is 0 Å². The number of benzene rings is 2. The van der Waals surface area contributed by atoms with Gasteiger partial charge in [0.2, 0.25) is 0 Å². The predicted molar refractivity (Wildman–Crippen MR) is 97.9 cm³/mol. The standard InChI is InChI=1S/C20H18N4/c1-14-13-15(2)21-20-18(14)22-19(16-9-5-3-6-10-16)24(20)23-17-11-7-4-8-12-17/h3-13,23H,1-2H3. The fourth-order valence-electron chi connectivity index (χ4n) is 2.89. The molecule has 0 bridgehead atoms. The van der Waals surface area contributed by atoms with Gasteiger partial charge in [0.25, 0.3) is 0 Å². The lowest BCUT2D eigenvalue weighted by Crippen LogP contribution is -2.11. The molecule has 118 valence electrons. The van der Waals surface area contributed by atoms with E-state index in [1.165, 1.54) is 0 Å². The summed E-state index contributed by atoms with van der Waals surface area (Å²) >= 11 is 0. The van der Waals surface area contributed by atoms with Crippen molar-refractivity contribution in [1.29, 1.82) is 0 Å². The summed E-state index contributed by atoms with van der Waals surface area (Å²) < 4.78 is 1.97. The molecule has 4 nitrogen and oxygen atoms in total. The highest BCUT2D eigenvalue weighted by atomic mass is 15.5. The number of aryl methyl sites for hydroxylation is 2. The van der Waals surface area contributed by atoms with E-state index in [1.807, 2.05) is 60.1 Å². The van der Waals surface area contributed by atoms with Crippen LogP contribution in [-0.4, -0.2) is 14.6 Å². The van der Waals surface area contributed by atoms with E-state index >= 15 is 0 Å². The summed E-state index contributed by atoms with van der Waals surface area (Å²) in [5, 5.41) is 0. The number of anilines is 1. The molecule has 0 aliphatic rings. The van der Waals surface area contributed by atoms with Crippen molar-refractivity contribution in [2.24, 2.45) is 0 Å². The zero-order valence-electron chi connectivity index (χ0n) is 13.7. The van der Waals surface area contributed by atoms with E-state index in [4.69, 9.17) is 9.97 Å². The third-order valence-electron chi connectivity index (χ3n) is 3.98. The number of rotatable bonds is 3. The molecule has 0 saturated heterocycles. The summed E-state index contributed by atoms with van der Waals surface area (Å²) in [7, 11) is 0. The zero-order valence-corrected chi connectivity index (χ0v) is 13.7. The van der Waals surface area contributed by atoms with Crippen LogP contribution >= 0.6 is 0 Å². The van der Waals surface area contributed by atoms with E-state index in [-0.39, 0.29) is 0 Å². The summed E-state index contributed by atoms with van der Waals surface area (Å²) in [4.78, 5) is 9.57. The lowest BCUT2D eigenvalue weighted by molar-refractivity contribution is 0.975. The third kappa shape index (κ3) is 2.52. The van der Waals surface area contributed by atoms with Crippen molar-refractivity contribution in [3.63, 3.8) is 0 Å². The first-order chi connectivity index (χ1) is 11.7. The quantitative estimate of drug-likeness (QED) is 0.601. The fraction of sp³-hybridized carbons (Fsp3) is 0.100. The second kappa shape index (κ2) is 5.81. The van der Waals surface area contributed by atoms with Crippen LogP contribution in [0.15, 0.2) is 66.7 Å². The van der Waals surface area contributed by atoms with Gasteiger partial charge in [-0.05, 0) is 37.6 Å². The molecule has 2 heterocycles. The van der Waals surface area contributed by atoms with E-state index in [2.05, 4.69) is 30.5 Å². The first kappa shape index (κ1) is 14.5. The minimum absolute atomic E-state index is 0.843. The fourth-order valence-corrected chi connectivity index (χ4v) is 2.89. The molecule has 0 aliphatic carbocycles. The molecule has 0 unspecified atom stereocenters. The van der Waals surface area contributed by atoms with Gasteiger partial charge in [-0.15, -0.1) is 0 Å². The third-order valence-corrected chi connectivity index (χ3v) is 3.98. The summed E-state index contributed by atoms with van der Waals surface area (Å²) in [6.45, 7) is 4.08. The Labute approximate surface area is 140 Å². The average molecular weight is 314 g/mol. The number of nitrogens with one attached hydrogen (secondary N) is 1. The molecule has 0 saturated carbocycles. The van der Waals surface area contributed by atoms with Gasteiger partial charge in [-0.2, -0.15) is 0 Å². The maximum Gasteiger partial charge on any atom is 0.180 e. The van der Waals surface area contributed by atoms with Gasteiger partial charge >= 0.3 is 0 Å². The number of para-hydroxylation sites is 1. The van der Waals surface area contributed by atoms with E-state index in [1.54, 1.807) is 0 Å². The molecular formula is C20H18N4. The van der Waals surface area contributed by atoms with Gasteiger partial charge < -0.3 is 0 Å². The van der Waals surface area contributed by atoms with Crippen LogP contribution in [-0.2, 0) is 0 Å². The first-order valence-corrected chi connectivity index (χ1v) is 7.96. The highest BCUT2D eigenvalue weighted by Gasteiger charge is 2.16. The Morgan fingerprint density at radius 1 is 0.833 bits per heavy atom. The molecule has 1 N–H and O–H groups in total. The first-order valence-electron chi connectivity index (χ1n) is 7.96. The highest BCUT2D eigenvalue weighted by Crippen LogP contribution is 2.26. The Morgan fingerprint density at radius 3 is 2.21 bits per heavy atom. The molecule has 4 rings (SSSR count). The highest BCUT2D eigenvalue weighted by molar-refractivity contribution is 5.81. The van der Waals surface area contributed by atoms with Crippen LogP contribution in [0.5, 0.6) is 0 Å². The Kier molecular flexibility index (Phi) is 3.50. The lowest BCUT2D eigenvalue weighted by Gasteiger charge is -2.12. The lowest BCUT2D eigenvalue weighted by atomic mass is 10.2. The van der Waals surface area contributed by atoms with Gasteiger partial charge in [-0.25, -0.2) is 14.6 Å². The number of hydrogen-bond donors (Lipinski definition) is 1. The largest absolute Gasteiger partial charge is 0.291 e. The maximum atomic E-state index is 4.86. The normalized spacial score (nSPS) is 10.9. The van der Waals surface area contributed by atoms with Crippen LogP contribution in [0, 0.1) is 13.8 Å². The minimum Gasteiger partial charge on any atom is -0.291 e. The van der Waals surface area contributed by atoms with Crippen molar-refractivity contribution in [3.8, 4) is 11.4 Å². The number of pyridine rings is 1. The molecular weight excluding hydrogens is 296 g/mol. The van der Waals surface area contributed by atoms with Gasteiger partial charge in [-0.3, -0.25) is 5.43 Å². The van der Waals surface area contributed by atoms with Crippen molar-refractivity contribution in [3.05, 3.63) is 78.0 Å². The molecule has 4 aromatic rings. The maximum absolute atomic E-state index is 4.86. The summed E-state index contributed by atoms with van der Waals surface area (Å²) in [6.07, 6.45) is 0. The second-order valence-corrected chi connectivity index (χ2v) is 5.87. The molecule has 2 aromatic carbocycles. The van der Waals surface area contributed by atoms with Crippen molar-refractivity contribution >= 4 is 16.9 Å². The molecule has 0 atom stereocenters. The van der Waals surface area contributed by atoms with Crippen LogP contribution < -0.4 is 5.43 Å². The van der Waals surface area contributed by atoms with Gasteiger partial charge in [-0.1, -0.05) is 48.5 Å². The topological polar surface area (TPSA) is 42.7 Å². The molecule has 24 heavy (non-hydrogen) atoms. The van der Waals surface area contributed by atoms with Gasteiger partial charge in [0.15, 0.2) is 11.5 Å². The van der Waals surface area contributed by atoms with Crippen LogP contribution in [0.4, 0.5) is 5.69 Å². The Hall–Kier alpha value is -3.14. The van der Waals surface area contributed by atoms with E-state index in [0.717, 1.165) is 39.5 Å². The molecule has 0 aliphatic heterocycles. The molecule has 2 aromatic heterocycles. The molecule has 0 radical (unpaired) electrons. The zero-order chi connectivity index (χ0) is 16.5. The van der Waals surface area contributed by atoms with Crippen LogP contribution in [0.25, 0.3) is 22.6 Å². The molecule has 0 amide bonds. The number of fused-ring (bicyclic) bond motifs is 1. The van der Waals surface area contributed by atoms with Gasteiger partial charge in [0.05, 0.1) is 5.69 Å². The number of imidazole rings is 1. The van der Waals surface area contributed by atoms with Gasteiger partial charge in [0, 0.05) is 11.3 Å². The SMILES string of the molecule is Cc1cc(C)c2nc(-c3ccccc3)n(Nc3ccccc3)c2n1. The predicted octanol–water partition coefficient (Wildman–Crippen LogP) is 4.59. The van der Waals surface area contributed by atoms with Crippen molar-refractivity contribution in [2.75, 3.05) is 5.43 Å². The van der Waals surface area contributed by atoms with E-state index in [0.29, 0.717) is 0 Å². The second-order valence-electron chi connectivity index (χ2n) is 5.87. The Bertz CT molecular complexity index is 989. The number of hydrogen-bond acceptors (Lipinski definition) is 3. The Morgan fingerprint density at radius 2 is 1.50 bits per heavy atom. The summed E-state index contributed by atoms with van der Waals surface area (Å²) in [5.41, 5.74) is 9.36. The van der Waals surface area contributed by atoms with Crippen LogP contribution in [0.1, 0.15) is 11.3 Å². The van der Waals surface area contributed by atoms with Crippen LogP contribution in [0.2, 0.25) is 0 Å². The number of nitrogens with zero attached hydrogens (tertiary/aromatic N) is 3. The van der Waals surface area contributed by atoms with Crippen LogP contribution in [0.3, 0.4) is 0 Å². The molecule has 4 heteroatoms. The summed E-state index contributed by atoms with van der Waals surface area (Å²) in [6, 6.07) is 22.3. The smallest absolute Gasteiger partial charge is 0.180 e. The molecule has 0 fully saturated rings. The van der Waals surface area contributed by atoms with Crippen molar-refractivity contribution < 1.29 is 0 Å². The Balaban J connectivity index is 1.97. The number of aromatic nitrogens is 3. The van der Waals surface area contributed by atoms with E-state index < -0.39 is 0 Å². The van der Waals surface area contributed by atoms with Crippen molar-refractivity contribution in [1.82, 2.24) is 14.6 Å². The summed E-state index contributed by atoms with van der Waals surface area (Å²) in [5.74, 6) is 0.857. The average Bonchev–Trinajstić information content (AvgIpc) is 2.95. The molecule has 0 spiro atoms.